The SMILES string of the molecule is CCCOc1ccccc1CN1CCOC2(COCC(=O)N(C)C2)C1. The van der Waals surface area contributed by atoms with Gasteiger partial charge in [0.15, 0.2) is 0 Å². The highest BCUT2D eigenvalue weighted by Gasteiger charge is 2.41. The van der Waals surface area contributed by atoms with Gasteiger partial charge in [0.1, 0.15) is 18.0 Å². The van der Waals surface area contributed by atoms with E-state index in [0.717, 1.165) is 38.4 Å². The van der Waals surface area contributed by atoms with Crippen LogP contribution in [0.25, 0.3) is 0 Å². The first-order valence-electron chi connectivity index (χ1n) is 9.01. The summed E-state index contributed by atoms with van der Waals surface area (Å²) in [7, 11) is 1.81. The highest BCUT2D eigenvalue weighted by Crippen LogP contribution is 2.26. The van der Waals surface area contributed by atoms with Gasteiger partial charge in [0, 0.05) is 32.2 Å². The Bertz CT molecular complexity index is 595. The highest BCUT2D eigenvalue weighted by atomic mass is 16.5. The first-order chi connectivity index (χ1) is 12.1. The van der Waals surface area contributed by atoms with E-state index in [1.54, 1.807) is 4.90 Å². The summed E-state index contributed by atoms with van der Waals surface area (Å²) in [4.78, 5) is 16.0. The molecule has 138 valence electrons. The predicted octanol–water partition coefficient (Wildman–Crippen LogP) is 1.53. The Hall–Kier alpha value is -1.63. The summed E-state index contributed by atoms with van der Waals surface area (Å²) in [6.07, 6.45) is 0.993. The number of morpholine rings is 1. The molecule has 1 atom stereocenters. The van der Waals surface area contributed by atoms with Crippen LogP contribution in [0.1, 0.15) is 18.9 Å². The number of hydrogen-bond donors (Lipinski definition) is 0. The van der Waals surface area contributed by atoms with Crippen molar-refractivity contribution in [1.82, 2.24) is 9.80 Å². The van der Waals surface area contributed by atoms with Crippen LogP contribution in [0.2, 0.25) is 0 Å². The van der Waals surface area contributed by atoms with Gasteiger partial charge in [-0.3, -0.25) is 9.69 Å². The van der Waals surface area contributed by atoms with E-state index in [1.807, 2.05) is 25.2 Å². The third kappa shape index (κ3) is 4.51. The molecular formula is C19H28N2O4. The van der Waals surface area contributed by atoms with E-state index in [0.29, 0.717) is 19.8 Å². The zero-order chi connectivity index (χ0) is 17.7. The lowest BCUT2D eigenvalue weighted by Crippen LogP contribution is -2.58. The Morgan fingerprint density at radius 1 is 1.28 bits per heavy atom. The molecule has 1 spiro atoms. The average Bonchev–Trinajstić information content (AvgIpc) is 2.73. The van der Waals surface area contributed by atoms with Gasteiger partial charge in [-0.2, -0.15) is 0 Å². The summed E-state index contributed by atoms with van der Waals surface area (Å²) >= 11 is 0. The topological polar surface area (TPSA) is 51.2 Å². The second-order valence-corrected chi connectivity index (χ2v) is 6.94. The monoisotopic (exact) mass is 348 g/mol. The number of hydrogen-bond acceptors (Lipinski definition) is 5. The van der Waals surface area contributed by atoms with Crippen molar-refractivity contribution in [1.29, 1.82) is 0 Å². The van der Waals surface area contributed by atoms with Gasteiger partial charge in [0.25, 0.3) is 0 Å². The van der Waals surface area contributed by atoms with Crippen LogP contribution in [0.15, 0.2) is 24.3 Å². The standard InChI is InChI=1S/C19H28N2O4/c1-3-9-24-17-7-5-4-6-16(17)11-21-8-10-25-19(14-21)13-20(2)18(22)12-23-15-19/h4-7H,3,8-15H2,1-2H3. The number of carbonyl (C=O) groups is 1. The molecule has 0 radical (unpaired) electrons. The minimum Gasteiger partial charge on any atom is -0.493 e. The zero-order valence-corrected chi connectivity index (χ0v) is 15.2. The van der Waals surface area contributed by atoms with E-state index in [1.165, 1.54) is 5.56 Å². The molecule has 6 nitrogen and oxygen atoms in total. The molecule has 2 aliphatic rings. The number of likely N-dealkylation sites (N-methyl/N-ethyl adjacent to an activating group) is 1. The first-order valence-corrected chi connectivity index (χ1v) is 9.01. The fraction of sp³-hybridized carbons (Fsp3) is 0.632. The molecule has 0 aromatic heterocycles. The van der Waals surface area contributed by atoms with E-state index in [2.05, 4.69) is 17.9 Å². The summed E-state index contributed by atoms with van der Waals surface area (Å²) in [5.74, 6) is 0.963. The van der Waals surface area contributed by atoms with Crippen molar-refractivity contribution in [2.45, 2.75) is 25.5 Å². The first kappa shape index (κ1) is 18.2. The minimum absolute atomic E-state index is 0.0101. The number of para-hydroxylation sites is 1. The van der Waals surface area contributed by atoms with Crippen LogP contribution in [0.5, 0.6) is 5.75 Å². The highest BCUT2D eigenvalue weighted by molar-refractivity contribution is 5.77. The number of amides is 1. The zero-order valence-electron chi connectivity index (χ0n) is 15.2. The van der Waals surface area contributed by atoms with Crippen LogP contribution in [-0.4, -0.2) is 74.4 Å². The lowest BCUT2D eigenvalue weighted by atomic mass is 10.0. The van der Waals surface area contributed by atoms with Gasteiger partial charge < -0.3 is 19.1 Å². The molecule has 2 fully saturated rings. The van der Waals surface area contributed by atoms with Crippen molar-refractivity contribution in [2.75, 3.05) is 53.1 Å². The second-order valence-electron chi connectivity index (χ2n) is 6.94. The third-order valence-corrected chi connectivity index (χ3v) is 4.70. The molecule has 0 saturated carbocycles. The van der Waals surface area contributed by atoms with E-state index < -0.39 is 5.60 Å². The number of benzene rings is 1. The molecule has 1 amide bonds. The van der Waals surface area contributed by atoms with Crippen molar-refractivity contribution >= 4 is 5.91 Å². The molecule has 0 bridgehead atoms. The molecule has 2 aliphatic heterocycles. The number of nitrogens with zero attached hydrogens (tertiary/aromatic N) is 2. The molecule has 1 unspecified atom stereocenters. The molecule has 6 heteroatoms. The minimum atomic E-state index is -0.446. The Balaban J connectivity index is 1.69. The Kier molecular flexibility index (Phi) is 5.93. The van der Waals surface area contributed by atoms with Gasteiger partial charge in [-0.05, 0) is 12.5 Å². The normalized spacial score (nSPS) is 25.2. The molecule has 0 N–H and O–H groups in total. The van der Waals surface area contributed by atoms with Gasteiger partial charge in [0.2, 0.25) is 5.91 Å². The molecule has 1 aromatic carbocycles. The fourth-order valence-corrected chi connectivity index (χ4v) is 3.47. The van der Waals surface area contributed by atoms with E-state index >= 15 is 0 Å². The molecule has 2 heterocycles. The predicted molar refractivity (Wildman–Crippen MR) is 94.6 cm³/mol. The lowest BCUT2D eigenvalue weighted by Gasteiger charge is -2.43. The van der Waals surface area contributed by atoms with E-state index in [-0.39, 0.29) is 12.5 Å². The maximum absolute atomic E-state index is 11.9. The Morgan fingerprint density at radius 2 is 2.12 bits per heavy atom. The summed E-state index contributed by atoms with van der Waals surface area (Å²) in [5, 5.41) is 0. The summed E-state index contributed by atoms with van der Waals surface area (Å²) in [6.45, 7) is 7.04. The van der Waals surface area contributed by atoms with Gasteiger partial charge in [-0.25, -0.2) is 0 Å². The van der Waals surface area contributed by atoms with Gasteiger partial charge in [-0.15, -0.1) is 0 Å². The van der Waals surface area contributed by atoms with E-state index in [9.17, 15) is 4.79 Å². The molecular weight excluding hydrogens is 320 g/mol. The lowest BCUT2D eigenvalue weighted by molar-refractivity contribution is -0.143. The molecule has 1 aromatic rings. The maximum Gasteiger partial charge on any atom is 0.248 e. The van der Waals surface area contributed by atoms with Crippen LogP contribution in [0.3, 0.4) is 0 Å². The quantitative estimate of drug-likeness (QED) is 0.808. The van der Waals surface area contributed by atoms with E-state index in [4.69, 9.17) is 14.2 Å². The Labute approximate surface area is 149 Å². The number of rotatable bonds is 5. The molecule has 25 heavy (non-hydrogen) atoms. The van der Waals surface area contributed by atoms with Crippen molar-refractivity contribution in [3.05, 3.63) is 29.8 Å². The Morgan fingerprint density at radius 3 is 2.96 bits per heavy atom. The maximum atomic E-state index is 11.9. The number of carbonyl (C=O) groups excluding carboxylic acids is 1. The second kappa shape index (κ2) is 8.17. The van der Waals surface area contributed by atoms with Crippen LogP contribution >= 0.6 is 0 Å². The average molecular weight is 348 g/mol. The van der Waals surface area contributed by atoms with Gasteiger partial charge in [-0.1, -0.05) is 25.1 Å². The van der Waals surface area contributed by atoms with Gasteiger partial charge >= 0.3 is 0 Å². The molecule has 0 aliphatic carbocycles. The van der Waals surface area contributed by atoms with Crippen LogP contribution in [0.4, 0.5) is 0 Å². The molecule has 2 saturated heterocycles. The van der Waals surface area contributed by atoms with Crippen molar-refractivity contribution < 1.29 is 19.0 Å². The van der Waals surface area contributed by atoms with Crippen molar-refractivity contribution in [3.63, 3.8) is 0 Å². The largest absolute Gasteiger partial charge is 0.493 e. The van der Waals surface area contributed by atoms with Crippen LogP contribution < -0.4 is 4.74 Å². The third-order valence-electron chi connectivity index (χ3n) is 4.70. The molecule has 3 rings (SSSR count). The van der Waals surface area contributed by atoms with Crippen molar-refractivity contribution in [2.24, 2.45) is 0 Å². The van der Waals surface area contributed by atoms with Crippen molar-refractivity contribution in [3.8, 4) is 5.75 Å². The van der Waals surface area contributed by atoms with Gasteiger partial charge in [0.05, 0.1) is 26.4 Å². The van der Waals surface area contributed by atoms with Crippen LogP contribution in [-0.2, 0) is 20.8 Å². The van der Waals surface area contributed by atoms with Crippen LogP contribution in [0, 0.1) is 0 Å². The summed E-state index contributed by atoms with van der Waals surface area (Å²) in [5.41, 5.74) is 0.741. The summed E-state index contributed by atoms with van der Waals surface area (Å²) in [6, 6.07) is 8.20. The summed E-state index contributed by atoms with van der Waals surface area (Å²) < 4.78 is 17.5. The fourth-order valence-electron chi connectivity index (χ4n) is 3.47. The number of ether oxygens (including phenoxy) is 3. The smallest absolute Gasteiger partial charge is 0.248 e.